The molecule has 0 amide bonds. The molecule has 0 unspecified atom stereocenters. The van der Waals surface area contributed by atoms with Crippen LogP contribution in [0.4, 0.5) is 5.69 Å². The number of rotatable bonds is 3. The topological polar surface area (TPSA) is 3.24 Å². The Morgan fingerprint density at radius 1 is 0.595 bits per heavy atom. The zero-order valence-electron chi connectivity index (χ0n) is 21.0. The van der Waals surface area contributed by atoms with Crippen molar-refractivity contribution in [3.8, 4) is 0 Å². The van der Waals surface area contributed by atoms with Crippen LogP contribution in [0.15, 0.2) is 140 Å². The number of nitrogens with zero attached hydrogens (tertiary/aromatic N) is 1. The Labute approximate surface area is 247 Å². The van der Waals surface area contributed by atoms with Crippen LogP contribution >= 0.6 is 0 Å². The minimum absolute atomic E-state index is 0. The number of halogens is 2. The van der Waals surface area contributed by atoms with E-state index in [-0.39, 0.29) is 24.8 Å². The summed E-state index contributed by atoms with van der Waals surface area (Å²) in [4.78, 5) is 2.18. The van der Waals surface area contributed by atoms with Gasteiger partial charge in [0.15, 0.2) is 0 Å². The van der Waals surface area contributed by atoms with E-state index in [1.54, 1.807) is 0 Å². The molecule has 0 radical (unpaired) electrons. The minimum Gasteiger partial charge on any atom is -0.214 e. The molecule has 1 nitrogen and oxygen atoms in total. The van der Waals surface area contributed by atoms with E-state index in [0.717, 1.165) is 0 Å². The van der Waals surface area contributed by atoms with Crippen molar-refractivity contribution in [2.45, 2.75) is 0 Å². The molecule has 0 N–H and O–H groups in total. The van der Waals surface area contributed by atoms with E-state index in [4.69, 9.17) is 0 Å². The standard InChI is InChI=1S/C15H14N.C13H10.C5H5.2ClH.Zr/c1-16(2)14-9-5-7-12-10-11-6-3-4-8-13(11)15(12)14;1-3-7-12(8-4-1)11-13-9-5-2-6-10-13;1-2-4-5-3-1;;;/h3-10H,1-2H3;1-10H;1-5H;2*1H;/q-1;;-1;;;+2/p-2. The summed E-state index contributed by atoms with van der Waals surface area (Å²) in [5, 5.41) is 5.36. The van der Waals surface area contributed by atoms with Gasteiger partial charge in [0.05, 0.1) is 0 Å². The number of hydrogen-bond donors (Lipinski definition) is 0. The molecule has 0 bridgehead atoms. The molecule has 0 fully saturated rings. The molecule has 0 saturated carbocycles. The van der Waals surface area contributed by atoms with Crippen LogP contribution in [0, 0.1) is 0 Å². The molecule has 0 aliphatic carbocycles. The number of anilines is 1. The van der Waals surface area contributed by atoms with Gasteiger partial charge in [-0.15, -0.1) is 34.4 Å². The maximum atomic E-state index is 2.26. The number of fused-ring (bicyclic) bond motifs is 3. The van der Waals surface area contributed by atoms with Crippen LogP contribution in [0.1, 0.15) is 11.1 Å². The van der Waals surface area contributed by atoms with E-state index in [9.17, 15) is 0 Å². The van der Waals surface area contributed by atoms with Crippen molar-refractivity contribution in [2.24, 2.45) is 0 Å². The predicted molar refractivity (Wildman–Crippen MR) is 150 cm³/mol. The average Bonchev–Trinajstić information content (AvgIpc) is 3.61. The first-order valence-corrected chi connectivity index (χ1v) is 13.0. The third-order valence-corrected chi connectivity index (χ3v) is 7.20. The van der Waals surface area contributed by atoms with Crippen molar-refractivity contribution in [2.75, 3.05) is 19.0 Å². The van der Waals surface area contributed by atoms with Crippen molar-refractivity contribution < 1.29 is 49.0 Å². The zero-order chi connectivity index (χ0) is 24.5. The Hall–Kier alpha value is -2.77. The van der Waals surface area contributed by atoms with Crippen molar-refractivity contribution >= 4 is 30.4 Å². The summed E-state index contributed by atoms with van der Waals surface area (Å²) in [6, 6.07) is 48.4. The van der Waals surface area contributed by atoms with Gasteiger partial charge in [0, 0.05) is 19.8 Å². The van der Waals surface area contributed by atoms with Gasteiger partial charge in [0.25, 0.3) is 0 Å². The second-order valence-corrected chi connectivity index (χ2v) is 9.67. The maximum absolute atomic E-state index is 2.26. The normalized spacial score (nSPS) is 9.62. The minimum atomic E-state index is 0. The SMILES string of the molecule is CN(C)c1cccc2[cH-]c3ccccc3c12.[Cl-].[Cl-].[Zr+2]=[C](c1ccccc1)c1ccccc1.c1cc[cH-]c1. The molecule has 0 spiro atoms. The summed E-state index contributed by atoms with van der Waals surface area (Å²) in [6.45, 7) is 0. The van der Waals surface area contributed by atoms with E-state index in [0.29, 0.717) is 0 Å². The Balaban J connectivity index is 0.000000211. The molecule has 37 heavy (non-hydrogen) atoms. The first kappa shape index (κ1) is 30.5. The molecule has 0 aliphatic heterocycles. The quantitative estimate of drug-likeness (QED) is 0.281. The predicted octanol–water partition coefficient (Wildman–Crippen LogP) is 1.99. The molecule has 0 heterocycles. The Bertz CT molecular complexity index is 1410. The van der Waals surface area contributed by atoms with E-state index < -0.39 is 0 Å². The molecule has 186 valence electrons. The largest absolute Gasteiger partial charge is 0.214 e. The molecular formula is C33H29Cl2NZr-2. The fourth-order valence-corrected chi connectivity index (χ4v) is 4.88. The van der Waals surface area contributed by atoms with Crippen molar-refractivity contribution in [1.29, 1.82) is 0 Å². The third-order valence-electron chi connectivity index (χ3n) is 5.78. The Morgan fingerprint density at radius 3 is 1.62 bits per heavy atom. The summed E-state index contributed by atoms with van der Waals surface area (Å²) in [5.41, 5.74) is 3.95. The molecule has 0 aromatic heterocycles. The summed E-state index contributed by atoms with van der Waals surface area (Å²) >= 11 is 1.46. The van der Waals surface area contributed by atoms with Gasteiger partial charge in [-0.1, -0.05) is 35.7 Å². The van der Waals surface area contributed by atoms with Gasteiger partial charge >= 0.3 is 99.2 Å². The summed E-state index contributed by atoms with van der Waals surface area (Å²) in [5.74, 6) is 0. The van der Waals surface area contributed by atoms with Gasteiger partial charge in [-0.05, 0) is 0 Å². The van der Waals surface area contributed by atoms with Gasteiger partial charge in [-0.25, -0.2) is 12.1 Å². The van der Waals surface area contributed by atoms with Gasteiger partial charge in [0.2, 0.25) is 0 Å². The van der Waals surface area contributed by atoms with E-state index in [1.807, 2.05) is 30.3 Å². The molecular weight excluding hydrogens is 573 g/mol. The van der Waals surface area contributed by atoms with Crippen LogP contribution in [-0.4, -0.2) is 17.3 Å². The van der Waals surface area contributed by atoms with E-state index in [2.05, 4.69) is 128 Å². The van der Waals surface area contributed by atoms with Gasteiger partial charge < -0.3 is 29.7 Å². The van der Waals surface area contributed by atoms with Crippen LogP contribution in [0.25, 0.3) is 21.5 Å². The third kappa shape index (κ3) is 8.11. The summed E-state index contributed by atoms with van der Waals surface area (Å²) in [6.07, 6.45) is 0. The summed E-state index contributed by atoms with van der Waals surface area (Å²) in [7, 11) is 4.19. The van der Waals surface area contributed by atoms with Crippen LogP contribution in [0.2, 0.25) is 0 Å². The van der Waals surface area contributed by atoms with Crippen LogP contribution in [0.5, 0.6) is 0 Å². The van der Waals surface area contributed by atoms with Crippen LogP contribution < -0.4 is 29.7 Å². The van der Waals surface area contributed by atoms with Gasteiger partial charge in [-0.2, -0.15) is 18.2 Å². The van der Waals surface area contributed by atoms with Crippen LogP contribution in [0.3, 0.4) is 0 Å². The molecule has 0 aliphatic rings. The smallest absolute Gasteiger partial charge is 0.172 e. The van der Waals surface area contributed by atoms with Crippen LogP contribution in [-0.2, 0) is 24.2 Å². The second-order valence-electron chi connectivity index (χ2n) is 8.44. The van der Waals surface area contributed by atoms with Gasteiger partial charge in [-0.3, -0.25) is 0 Å². The van der Waals surface area contributed by atoms with Crippen molar-refractivity contribution in [3.05, 3.63) is 151 Å². The molecule has 0 saturated heterocycles. The first-order valence-electron chi connectivity index (χ1n) is 11.8. The number of hydrogen-bond acceptors (Lipinski definition) is 1. The van der Waals surface area contributed by atoms with Crippen molar-refractivity contribution in [3.63, 3.8) is 0 Å². The molecule has 4 heteroatoms. The van der Waals surface area contributed by atoms with E-state index >= 15 is 0 Å². The maximum Gasteiger partial charge on any atom is -0.172 e. The Morgan fingerprint density at radius 2 is 1.11 bits per heavy atom. The van der Waals surface area contributed by atoms with Crippen molar-refractivity contribution in [1.82, 2.24) is 0 Å². The van der Waals surface area contributed by atoms with Gasteiger partial charge in [0.1, 0.15) is 0 Å². The average molecular weight is 602 g/mol. The molecule has 6 rings (SSSR count). The molecule has 6 aromatic carbocycles. The monoisotopic (exact) mass is 599 g/mol. The Kier molecular flexibility index (Phi) is 12.7. The van der Waals surface area contributed by atoms with E-state index in [1.165, 1.54) is 65.8 Å². The molecule has 0 atom stereocenters. The molecule has 6 aromatic rings. The second kappa shape index (κ2) is 15.5. The fourth-order valence-electron chi connectivity index (χ4n) is 4.06. The number of benzene rings is 4. The first-order chi connectivity index (χ1) is 17.1. The fraction of sp³-hybridized carbons (Fsp3) is 0.0606. The zero-order valence-corrected chi connectivity index (χ0v) is 25.0. The summed E-state index contributed by atoms with van der Waals surface area (Å²) < 4.78 is 1.42.